The first kappa shape index (κ1) is 9.86. The van der Waals surface area contributed by atoms with Gasteiger partial charge in [-0.2, -0.15) is 0 Å². The number of hydrogen-bond acceptors (Lipinski definition) is 3. The number of carbonyl (C=O) groups is 1. The van der Waals surface area contributed by atoms with Gasteiger partial charge in [0.15, 0.2) is 5.78 Å². The van der Waals surface area contributed by atoms with E-state index in [1.165, 1.54) is 6.07 Å². The van der Waals surface area contributed by atoms with Crippen molar-refractivity contribution in [2.45, 2.75) is 6.42 Å². The van der Waals surface area contributed by atoms with Crippen molar-refractivity contribution < 1.29 is 9.90 Å². The van der Waals surface area contributed by atoms with Crippen molar-refractivity contribution in [3.8, 4) is 5.75 Å². The van der Waals surface area contributed by atoms with Crippen LogP contribution in [-0.2, 0) is 11.2 Å². The first-order valence-electron chi connectivity index (χ1n) is 3.78. The number of alkyl halides is 1. The smallest absolute Gasteiger partial charge is 0.151 e. The number of nitrogen functional groups attached to an aromatic ring is 1. The molecule has 0 spiro atoms. The Kier molecular flexibility index (Phi) is 3.14. The zero-order valence-corrected chi connectivity index (χ0v) is 7.71. The van der Waals surface area contributed by atoms with E-state index in [0.29, 0.717) is 5.69 Å². The Morgan fingerprint density at radius 1 is 1.54 bits per heavy atom. The predicted molar refractivity (Wildman–Crippen MR) is 52.0 cm³/mol. The third-order valence-corrected chi connectivity index (χ3v) is 1.94. The summed E-state index contributed by atoms with van der Waals surface area (Å²) < 4.78 is 0. The molecule has 0 unspecified atom stereocenters. The molecule has 4 heteroatoms. The number of rotatable bonds is 3. The van der Waals surface area contributed by atoms with Gasteiger partial charge in [-0.15, -0.1) is 11.6 Å². The summed E-state index contributed by atoms with van der Waals surface area (Å²) in [7, 11) is 0. The molecule has 13 heavy (non-hydrogen) atoms. The maximum Gasteiger partial charge on any atom is 0.151 e. The molecule has 0 aromatic heterocycles. The number of Topliss-reactive ketones (excluding diaryl/α,β-unsaturated/α-hetero) is 1. The van der Waals surface area contributed by atoms with Crippen molar-refractivity contribution in [1.29, 1.82) is 0 Å². The second kappa shape index (κ2) is 4.14. The Balaban J connectivity index is 2.79. The minimum atomic E-state index is -0.0779. The SMILES string of the molecule is Nc1ccc(CC(=O)CCl)cc1O. The molecule has 3 nitrogen and oxygen atoms in total. The van der Waals surface area contributed by atoms with E-state index in [2.05, 4.69) is 0 Å². The van der Waals surface area contributed by atoms with Crippen LogP contribution in [0.25, 0.3) is 0 Å². The van der Waals surface area contributed by atoms with Gasteiger partial charge in [0.2, 0.25) is 0 Å². The van der Waals surface area contributed by atoms with Gasteiger partial charge in [0.25, 0.3) is 0 Å². The molecule has 0 bridgehead atoms. The quantitative estimate of drug-likeness (QED) is 0.439. The largest absolute Gasteiger partial charge is 0.506 e. The van der Waals surface area contributed by atoms with Gasteiger partial charge < -0.3 is 10.8 Å². The van der Waals surface area contributed by atoms with Gasteiger partial charge >= 0.3 is 0 Å². The molecule has 1 rings (SSSR count). The molecule has 0 saturated carbocycles. The van der Waals surface area contributed by atoms with E-state index in [0.717, 1.165) is 5.56 Å². The van der Waals surface area contributed by atoms with Crippen LogP contribution in [0.5, 0.6) is 5.75 Å². The molecule has 0 atom stereocenters. The normalized spacial score (nSPS) is 9.92. The number of aromatic hydroxyl groups is 1. The standard InChI is InChI=1S/C9H10ClNO2/c10-5-7(12)3-6-1-2-8(11)9(13)4-6/h1-2,4,13H,3,5,11H2. The summed E-state index contributed by atoms with van der Waals surface area (Å²) in [6, 6.07) is 4.73. The molecule has 0 radical (unpaired) electrons. The topological polar surface area (TPSA) is 63.3 Å². The van der Waals surface area contributed by atoms with Crippen LogP contribution in [0.15, 0.2) is 18.2 Å². The second-order valence-corrected chi connectivity index (χ2v) is 3.01. The first-order chi connectivity index (χ1) is 6.13. The highest BCUT2D eigenvalue weighted by atomic mass is 35.5. The van der Waals surface area contributed by atoms with Crippen LogP contribution in [-0.4, -0.2) is 16.8 Å². The Hall–Kier alpha value is -1.22. The van der Waals surface area contributed by atoms with Crippen LogP contribution in [0.1, 0.15) is 5.56 Å². The van der Waals surface area contributed by atoms with Crippen molar-refractivity contribution in [3.63, 3.8) is 0 Å². The van der Waals surface area contributed by atoms with Crippen molar-refractivity contribution in [3.05, 3.63) is 23.8 Å². The fraction of sp³-hybridized carbons (Fsp3) is 0.222. The number of phenolic OH excluding ortho intramolecular Hbond substituents is 1. The van der Waals surface area contributed by atoms with Crippen molar-refractivity contribution in [2.24, 2.45) is 0 Å². The Bertz CT molecular complexity index is 325. The number of benzene rings is 1. The zero-order valence-electron chi connectivity index (χ0n) is 6.96. The molecule has 0 fully saturated rings. The molecule has 0 aliphatic rings. The molecule has 0 amide bonds. The highest BCUT2D eigenvalue weighted by Gasteiger charge is 2.03. The van der Waals surface area contributed by atoms with Gasteiger partial charge in [0, 0.05) is 6.42 Å². The summed E-state index contributed by atoms with van der Waals surface area (Å²) in [6.07, 6.45) is 0.233. The summed E-state index contributed by atoms with van der Waals surface area (Å²) in [5.41, 5.74) is 6.42. The molecular formula is C9H10ClNO2. The van der Waals surface area contributed by atoms with Gasteiger partial charge in [0.05, 0.1) is 11.6 Å². The van der Waals surface area contributed by atoms with Crippen LogP contribution in [0.3, 0.4) is 0 Å². The van der Waals surface area contributed by atoms with Gasteiger partial charge in [-0.3, -0.25) is 4.79 Å². The number of halogens is 1. The third-order valence-electron chi connectivity index (χ3n) is 1.65. The molecule has 70 valence electrons. The van der Waals surface area contributed by atoms with Crippen molar-refractivity contribution in [1.82, 2.24) is 0 Å². The molecule has 0 aliphatic carbocycles. The van der Waals surface area contributed by atoms with E-state index < -0.39 is 0 Å². The first-order valence-corrected chi connectivity index (χ1v) is 4.32. The lowest BCUT2D eigenvalue weighted by Gasteiger charge is -2.01. The number of phenols is 1. The van der Waals surface area contributed by atoms with E-state index in [-0.39, 0.29) is 23.8 Å². The number of carbonyl (C=O) groups excluding carboxylic acids is 1. The maximum absolute atomic E-state index is 10.9. The summed E-state index contributed by atoms with van der Waals surface area (Å²) in [5, 5.41) is 9.22. The van der Waals surface area contributed by atoms with E-state index in [1.807, 2.05) is 0 Å². The number of ketones is 1. The molecule has 0 saturated heterocycles. The molecule has 1 aromatic rings. The lowest BCUT2D eigenvalue weighted by atomic mass is 10.1. The minimum absolute atomic E-state index is 0.000118. The Morgan fingerprint density at radius 2 is 2.23 bits per heavy atom. The van der Waals surface area contributed by atoms with E-state index in [9.17, 15) is 9.90 Å². The third kappa shape index (κ3) is 2.63. The summed E-state index contributed by atoms with van der Waals surface area (Å²) in [6.45, 7) is 0. The molecule has 1 aromatic carbocycles. The lowest BCUT2D eigenvalue weighted by molar-refractivity contribution is -0.116. The fourth-order valence-electron chi connectivity index (χ4n) is 0.974. The van der Waals surface area contributed by atoms with Gasteiger partial charge in [-0.25, -0.2) is 0 Å². The monoisotopic (exact) mass is 199 g/mol. The van der Waals surface area contributed by atoms with Crippen LogP contribution in [0.2, 0.25) is 0 Å². The Morgan fingerprint density at radius 3 is 2.77 bits per heavy atom. The average Bonchev–Trinajstić information content (AvgIpc) is 2.11. The summed E-state index contributed by atoms with van der Waals surface area (Å²) >= 11 is 5.34. The van der Waals surface area contributed by atoms with Crippen LogP contribution < -0.4 is 5.73 Å². The Labute approximate surface area is 81.1 Å². The highest BCUT2D eigenvalue weighted by molar-refractivity contribution is 6.27. The lowest BCUT2D eigenvalue weighted by Crippen LogP contribution is -2.03. The van der Waals surface area contributed by atoms with Crippen molar-refractivity contribution >= 4 is 23.1 Å². The number of nitrogens with two attached hydrogens (primary N) is 1. The fourth-order valence-corrected chi connectivity index (χ4v) is 1.07. The van der Waals surface area contributed by atoms with E-state index in [4.69, 9.17) is 17.3 Å². The van der Waals surface area contributed by atoms with Crippen molar-refractivity contribution in [2.75, 3.05) is 11.6 Å². The van der Waals surface area contributed by atoms with Crippen LogP contribution in [0, 0.1) is 0 Å². The molecule has 0 heterocycles. The second-order valence-electron chi connectivity index (χ2n) is 2.74. The zero-order chi connectivity index (χ0) is 9.84. The van der Waals surface area contributed by atoms with Gasteiger partial charge in [-0.1, -0.05) is 6.07 Å². The summed E-state index contributed by atoms with van der Waals surface area (Å²) in [4.78, 5) is 10.9. The number of hydrogen-bond donors (Lipinski definition) is 2. The van der Waals surface area contributed by atoms with Crippen LogP contribution in [0.4, 0.5) is 5.69 Å². The predicted octanol–water partition coefficient (Wildman–Crippen LogP) is 1.32. The molecule has 3 N–H and O–H groups in total. The number of anilines is 1. The van der Waals surface area contributed by atoms with Gasteiger partial charge in [0.1, 0.15) is 5.75 Å². The summed E-state index contributed by atoms with van der Waals surface area (Å²) in [5.74, 6) is -0.0868. The molecule has 0 aliphatic heterocycles. The minimum Gasteiger partial charge on any atom is -0.506 e. The average molecular weight is 200 g/mol. The van der Waals surface area contributed by atoms with E-state index >= 15 is 0 Å². The maximum atomic E-state index is 10.9. The van der Waals surface area contributed by atoms with E-state index in [1.54, 1.807) is 12.1 Å². The highest BCUT2D eigenvalue weighted by Crippen LogP contribution is 2.20. The van der Waals surface area contributed by atoms with Crippen LogP contribution >= 0.6 is 11.6 Å². The van der Waals surface area contributed by atoms with Gasteiger partial charge in [-0.05, 0) is 17.7 Å². The molecular weight excluding hydrogens is 190 g/mol.